The predicted octanol–water partition coefficient (Wildman–Crippen LogP) is 2.69. The van der Waals surface area contributed by atoms with Crippen molar-refractivity contribution in [2.45, 2.75) is 25.7 Å². The number of rotatable bonds is 2. The molecule has 0 aromatic carbocycles. The molecule has 86 valence electrons. The zero-order chi connectivity index (χ0) is 11.3. The van der Waals surface area contributed by atoms with Gasteiger partial charge in [-0.3, -0.25) is 9.48 Å². The Balaban J connectivity index is 1.89. The number of nitrogens with zero attached hydrogens (tertiary/aromatic N) is 2. The maximum Gasteiger partial charge on any atom is 0.185 e. The van der Waals surface area contributed by atoms with E-state index in [-0.39, 0.29) is 11.7 Å². The molecule has 2 fully saturated rings. The average Bonchev–Trinajstić information content (AvgIpc) is 2.93. The molecule has 0 radical (unpaired) electrons. The first-order valence-electron chi connectivity index (χ1n) is 5.88. The zero-order valence-corrected chi connectivity index (χ0v) is 10.1. The van der Waals surface area contributed by atoms with E-state index in [9.17, 15) is 4.79 Å². The molecule has 0 N–H and O–H groups in total. The monoisotopic (exact) mass is 238 g/mol. The summed E-state index contributed by atoms with van der Waals surface area (Å²) in [6.07, 6.45) is 6.39. The zero-order valence-electron chi connectivity index (χ0n) is 9.32. The van der Waals surface area contributed by atoms with Gasteiger partial charge in [0.25, 0.3) is 0 Å². The van der Waals surface area contributed by atoms with Crippen LogP contribution in [0.3, 0.4) is 0 Å². The summed E-state index contributed by atoms with van der Waals surface area (Å²) in [5.74, 6) is 1.79. The van der Waals surface area contributed by atoms with Crippen LogP contribution < -0.4 is 0 Å². The third-order valence-electron chi connectivity index (χ3n) is 4.20. The fraction of sp³-hybridized carbons (Fsp3) is 0.667. The summed E-state index contributed by atoms with van der Waals surface area (Å²) >= 11 is 6.02. The normalized spacial score (nSPS) is 32.2. The van der Waals surface area contributed by atoms with E-state index in [1.807, 2.05) is 0 Å². The summed E-state index contributed by atoms with van der Waals surface area (Å²) in [6.45, 7) is 0. The Hall–Kier alpha value is -0.830. The molecule has 2 aliphatic rings. The topological polar surface area (TPSA) is 34.9 Å². The second-order valence-electron chi connectivity index (χ2n) is 5.11. The minimum Gasteiger partial charge on any atom is -0.292 e. The van der Waals surface area contributed by atoms with Gasteiger partial charge in [-0.25, -0.2) is 0 Å². The maximum atomic E-state index is 12.4. The second-order valence-corrected chi connectivity index (χ2v) is 5.52. The Kier molecular flexibility index (Phi) is 2.32. The van der Waals surface area contributed by atoms with E-state index >= 15 is 0 Å². The lowest BCUT2D eigenvalue weighted by Crippen LogP contribution is -2.23. The van der Waals surface area contributed by atoms with Crippen molar-refractivity contribution in [1.29, 1.82) is 0 Å². The number of carbonyl (C=O) groups excluding carboxylic acids is 1. The van der Waals surface area contributed by atoms with Gasteiger partial charge in [0.05, 0.1) is 11.2 Å². The van der Waals surface area contributed by atoms with E-state index in [0.29, 0.717) is 16.6 Å². The van der Waals surface area contributed by atoms with Crippen LogP contribution in [0.25, 0.3) is 0 Å². The number of aromatic nitrogens is 2. The molecular weight excluding hydrogens is 224 g/mol. The third kappa shape index (κ3) is 1.41. The molecule has 1 aromatic rings. The fourth-order valence-corrected chi connectivity index (χ4v) is 3.69. The van der Waals surface area contributed by atoms with E-state index in [2.05, 4.69) is 5.10 Å². The van der Waals surface area contributed by atoms with Crippen molar-refractivity contribution < 1.29 is 4.79 Å². The summed E-state index contributed by atoms with van der Waals surface area (Å²) < 4.78 is 1.61. The minimum absolute atomic E-state index is 0.201. The van der Waals surface area contributed by atoms with Crippen LogP contribution in [-0.2, 0) is 7.05 Å². The standard InChI is InChI=1S/C12H15ClN2O/c1-15-11(10(13)6-14-15)12(16)9-5-7-2-3-8(9)4-7/h6-9H,2-5H2,1H3. The number of Topliss-reactive ketones (excluding diaryl/α,β-unsaturated/α-hetero) is 1. The minimum atomic E-state index is 0.201. The number of carbonyl (C=O) groups is 1. The fourth-order valence-electron chi connectivity index (χ4n) is 3.43. The highest BCUT2D eigenvalue weighted by Gasteiger charge is 2.44. The van der Waals surface area contributed by atoms with Crippen molar-refractivity contribution in [2.75, 3.05) is 0 Å². The highest BCUT2D eigenvalue weighted by atomic mass is 35.5. The van der Waals surface area contributed by atoms with E-state index in [4.69, 9.17) is 11.6 Å². The van der Waals surface area contributed by atoms with Gasteiger partial charge in [0.1, 0.15) is 5.69 Å². The van der Waals surface area contributed by atoms with Gasteiger partial charge in [0, 0.05) is 13.0 Å². The lowest BCUT2D eigenvalue weighted by Gasteiger charge is -2.20. The van der Waals surface area contributed by atoms with Crippen molar-refractivity contribution in [3.63, 3.8) is 0 Å². The van der Waals surface area contributed by atoms with Crippen LogP contribution in [0, 0.1) is 17.8 Å². The van der Waals surface area contributed by atoms with Crippen LogP contribution in [0.5, 0.6) is 0 Å². The summed E-state index contributed by atoms with van der Waals surface area (Å²) in [7, 11) is 1.78. The van der Waals surface area contributed by atoms with Crippen molar-refractivity contribution in [2.24, 2.45) is 24.8 Å². The van der Waals surface area contributed by atoms with E-state index in [1.54, 1.807) is 17.9 Å². The molecule has 0 saturated heterocycles. The predicted molar refractivity (Wildman–Crippen MR) is 61.5 cm³/mol. The number of halogens is 1. The molecule has 3 unspecified atom stereocenters. The number of hydrogen-bond acceptors (Lipinski definition) is 2. The van der Waals surface area contributed by atoms with E-state index in [0.717, 1.165) is 12.3 Å². The van der Waals surface area contributed by atoms with Gasteiger partial charge in [-0.05, 0) is 31.1 Å². The molecule has 0 aliphatic heterocycles. The van der Waals surface area contributed by atoms with Gasteiger partial charge in [-0.1, -0.05) is 18.0 Å². The SMILES string of the molecule is Cn1ncc(Cl)c1C(=O)C1CC2CCC1C2. The molecule has 1 aromatic heterocycles. The van der Waals surface area contributed by atoms with Gasteiger partial charge in [0.2, 0.25) is 0 Å². The molecule has 2 saturated carbocycles. The lowest BCUT2D eigenvalue weighted by molar-refractivity contribution is 0.0865. The average molecular weight is 239 g/mol. The highest BCUT2D eigenvalue weighted by Crippen LogP contribution is 2.49. The lowest BCUT2D eigenvalue weighted by atomic mass is 9.84. The molecular formula is C12H15ClN2O. The molecule has 1 heterocycles. The van der Waals surface area contributed by atoms with Crippen LogP contribution in [-0.4, -0.2) is 15.6 Å². The quantitative estimate of drug-likeness (QED) is 0.743. The van der Waals surface area contributed by atoms with E-state index < -0.39 is 0 Å². The highest BCUT2D eigenvalue weighted by molar-refractivity contribution is 6.33. The Bertz CT molecular complexity index is 421. The number of hydrogen-bond donors (Lipinski definition) is 0. The van der Waals surface area contributed by atoms with Crippen LogP contribution in [0.1, 0.15) is 36.2 Å². The maximum absolute atomic E-state index is 12.4. The Morgan fingerprint density at radius 2 is 2.31 bits per heavy atom. The molecule has 0 spiro atoms. The Labute approximate surface area is 99.8 Å². The molecule has 0 amide bonds. The molecule has 3 atom stereocenters. The summed E-state index contributed by atoms with van der Waals surface area (Å²) in [5, 5.41) is 4.53. The van der Waals surface area contributed by atoms with Crippen LogP contribution in [0.2, 0.25) is 5.02 Å². The Morgan fingerprint density at radius 1 is 1.50 bits per heavy atom. The smallest absolute Gasteiger partial charge is 0.185 e. The van der Waals surface area contributed by atoms with Crippen molar-refractivity contribution in [1.82, 2.24) is 9.78 Å². The van der Waals surface area contributed by atoms with Gasteiger partial charge in [0.15, 0.2) is 5.78 Å². The van der Waals surface area contributed by atoms with Gasteiger partial charge in [-0.2, -0.15) is 5.10 Å². The number of fused-ring (bicyclic) bond motifs is 2. The molecule has 3 rings (SSSR count). The first-order chi connectivity index (χ1) is 7.66. The first-order valence-corrected chi connectivity index (χ1v) is 6.26. The summed E-state index contributed by atoms with van der Waals surface area (Å²) in [6, 6.07) is 0. The van der Waals surface area contributed by atoms with Crippen molar-refractivity contribution in [3.05, 3.63) is 16.9 Å². The summed E-state index contributed by atoms with van der Waals surface area (Å²) in [5.41, 5.74) is 0.596. The van der Waals surface area contributed by atoms with Crippen LogP contribution >= 0.6 is 11.6 Å². The van der Waals surface area contributed by atoms with Crippen molar-refractivity contribution >= 4 is 17.4 Å². The van der Waals surface area contributed by atoms with Gasteiger partial charge in [-0.15, -0.1) is 0 Å². The second kappa shape index (κ2) is 3.59. The number of aryl methyl sites for hydroxylation is 1. The molecule has 4 heteroatoms. The molecule has 2 aliphatic carbocycles. The third-order valence-corrected chi connectivity index (χ3v) is 4.48. The Morgan fingerprint density at radius 3 is 2.81 bits per heavy atom. The van der Waals surface area contributed by atoms with Gasteiger partial charge >= 0.3 is 0 Å². The van der Waals surface area contributed by atoms with Crippen molar-refractivity contribution in [3.8, 4) is 0 Å². The molecule has 2 bridgehead atoms. The summed E-state index contributed by atoms with van der Waals surface area (Å²) in [4.78, 5) is 12.4. The van der Waals surface area contributed by atoms with E-state index in [1.165, 1.54) is 19.3 Å². The largest absolute Gasteiger partial charge is 0.292 e. The van der Waals surface area contributed by atoms with Gasteiger partial charge < -0.3 is 0 Å². The first kappa shape index (κ1) is 10.3. The van der Waals surface area contributed by atoms with Crippen LogP contribution in [0.4, 0.5) is 0 Å². The van der Waals surface area contributed by atoms with Crippen LogP contribution in [0.15, 0.2) is 6.20 Å². The number of ketones is 1. The molecule has 3 nitrogen and oxygen atoms in total. The molecule has 16 heavy (non-hydrogen) atoms.